The van der Waals surface area contributed by atoms with Crippen molar-refractivity contribution in [2.75, 3.05) is 22.5 Å². The summed E-state index contributed by atoms with van der Waals surface area (Å²) < 4.78 is 0. The first-order valence-corrected chi connectivity index (χ1v) is 14.7. The van der Waals surface area contributed by atoms with Crippen LogP contribution < -0.4 is 16.0 Å². The first-order chi connectivity index (χ1) is 19.7. The van der Waals surface area contributed by atoms with Gasteiger partial charge in [0.1, 0.15) is 9.71 Å². The fraction of sp³-hybridized carbons (Fsp3) is 0.182. The maximum absolute atomic E-state index is 14.0. The quantitative estimate of drug-likeness (QED) is 0.226. The van der Waals surface area contributed by atoms with Gasteiger partial charge in [-0.3, -0.25) is 9.59 Å². The Balaban J connectivity index is 1.52. The number of hydrogen-bond acceptors (Lipinski definition) is 5. The normalized spacial score (nSPS) is 12.8. The molecule has 6 nitrogen and oxygen atoms in total. The molecule has 0 atom stereocenters. The van der Waals surface area contributed by atoms with E-state index in [0.717, 1.165) is 46.5 Å². The molecule has 2 amide bonds. The van der Waals surface area contributed by atoms with Crippen LogP contribution in [0.25, 0.3) is 21.3 Å². The van der Waals surface area contributed by atoms with Crippen LogP contribution in [0, 0.1) is 20.8 Å². The molecule has 0 unspecified atom stereocenters. The molecule has 0 spiro atoms. The van der Waals surface area contributed by atoms with E-state index in [4.69, 9.17) is 22.3 Å². The summed E-state index contributed by atoms with van der Waals surface area (Å²) in [4.78, 5) is 35.6. The third-order valence-corrected chi connectivity index (χ3v) is 8.94. The van der Waals surface area contributed by atoms with E-state index >= 15 is 0 Å². The summed E-state index contributed by atoms with van der Waals surface area (Å²) in [5, 5.41) is 4.25. The zero-order chi connectivity index (χ0) is 28.8. The molecule has 0 saturated carbocycles. The molecular formula is C33H29ClN4O2S. The number of hydrogen-bond donors (Lipinski definition) is 2. The number of para-hydroxylation sites is 1. The number of nitrogens with one attached hydrogen (secondary N) is 1. The van der Waals surface area contributed by atoms with E-state index in [1.54, 1.807) is 12.1 Å². The number of rotatable bonds is 4. The number of carbonyl (C=O) groups is 2. The fourth-order valence-corrected chi connectivity index (χ4v) is 6.84. The van der Waals surface area contributed by atoms with E-state index in [1.807, 2.05) is 74.2 Å². The van der Waals surface area contributed by atoms with Crippen molar-refractivity contribution in [1.82, 2.24) is 4.98 Å². The highest BCUT2D eigenvalue weighted by molar-refractivity contribution is 7.21. The highest BCUT2D eigenvalue weighted by Gasteiger charge is 2.30. The minimum atomic E-state index is -0.294. The standard InChI is InChI=1S/C33H29ClN4O2S/c1-18-10-15-24(19(2)17-18)37-31(39)26-20(3)36-32-28(27(26)22-11-13-23(34)14-12-22)29(35)30(41-32)33(40)38-16-6-8-21-7-4-5-9-25(21)38/h4-5,7,9-15,17H,6,8,16,35H2,1-3H3,(H,37,39). The minimum Gasteiger partial charge on any atom is -0.397 e. The average Bonchev–Trinajstić information content (AvgIpc) is 3.29. The Labute approximate surface area is 247 Å². The molecular weight excluding hydrogens is 552 g/mol. The Morgan fingerprint density at radius 2 is 1.78 bits per heavy atom. The summed E-state index contributed by atoms with van der Waals surface area (Å²) in [6.07, 6.45) is 1.81. The minimum absolute atomic E-state index is 0.154. The Morgan fingerprint density at radius 3 is 2.54 bits per heavy atom. The molecule has 6 rings (SSSR count). The van der Waals surface area contributed by atoms with Gasteiger partial charge in [-0.1, -0.05) is 59.6 Å². The predicted octanol–water partition coefficient (Wildman–Crippen LogP) is 7.97. The molecule has 3 N–H and O–H groups in total. The molecule has 5 aromatic rings. The number of nitrogens with zero attached hydrogens (tertiary/aromatic N) is 2. The number of benzene rings is 3. The van der Waals surface area contributed by atoms with E-state index in [0.29, 0.717) is 49.2 Å². The molecule has 3 heterocycles. The van der Waals surface area contributed by atoms with Gasteiger partial charge in [-0.2, -0.15) is 0 Å². The molecule has 0 fully saturated rings. The van der Waals surface area contributed by atoms with Crippen LogP contribution in [0.1, 0.15) is 48.8 Å². The number of nitrogen functional groups attached to an aromatic ring is 1. The number of carbonyl (C=O) groups excluding carboxylic acids is 2. The van der Waals surface area contributed by atoms with Gasteiger partial charge in [0.05, 0.1) is 16.9 Å². The van der Waals surface area contributed by atoms with Gasteiger partial charge in [0.15, 0.2) is 0 Å². The largest absolute Gasteiger partial charge is 0.397 e. The monoisotopic (exact) mass is 580 g/mol. The summed E-state index contributed by atoms with van der Waals surface area (Å²) >= 11 is 7.50. The van der Waals surface area contributed by atoms with Gasteiger partial charge in [0, 0.05) is 33.9 Å². The second-order valence-electron chi connectivity index (χ2n) is 10.4. The van der Waals surface area contributed by atoms with Gasteiger partial charge in [-0.25, -0.2) is 4.98 Å². The van der Waals surface area contributed by atoms with Gasteiger partial charge >= 0.3 is 0 Å². The number of pyridine rings is 1. The molecule has 3 aromatic carbocycles. The lowest BCUT2D eigenvalue weighted by Crippen LogP contribution is -2.35. The van der Waals surface area contributed by atoms with Crippen LogP contribution in [-0.2, 0) is 6.42 Å². The fourth-order valence-electron chi connectivity index (χ4n) is 5.61. The van der Waals surface area contributed by atoms with E-state index in [1.165, 1.54) is 11.3 Å². The van der Waals surface area contributed by atoms with Crippen LogP contribution in [0.4, 0.5) is 17.1 Å². The van der Waals surface area contributed by atoms with Crippen molar-refractivity contribution in [2.45, 2.75) is 33.6 Å². The molecule has 0 saturated heterocycles. The summed E-state index contributed by atoms with van der Waals surface area (Å²) in [6, 6.07) is 21.2. The Bertz CT molecular complexity index is 1850. The van der Waals surface area contributed by atoms with E-state index in [9.17, 15) is 9.59 Å². The number of amides is 2. The molecule has 206 valence electrons. The first kappa shape index (κ1) is 27.0. The van der Waals surface area contributed by atoms with Crippen molar-refractivity contribution in [3.05, 3.63) is 105 Å². The summed E-state index contributed by atoms with van der Waals surface area (Å²) in [6.45, 7) is 6.40. The molecule has 1 aliphatic rings. The number of aromatic nitrogens is 1. The number of aryl methyl sites for hydroxylation is 4. The second-order valence-corrected chi connectivity index (χ2v) is 11.9. The summed E-state index contributed by atoms with van der Waals surface area (Å²) in [5.74, 6) is -0.448. The maximum Gasteiger partial charge on any atom is 0.270 e. The summed E-state index contributed by atoms with van der Waals surface area (Å²) in [7, 11) is 0. The number of halogens is 1. The zero-order valence-electron chi connectivity index (χ0n) is 23.0. The van der Waals surface area contributed by atoms with E-state index < -0.39 is 0 Å². The lowest BCUT2D eigenvalue weighted by atomic mass is 9.94. The number of anilines is 3. The van der Waals surface area contributed by atoms with Crippen molar-refractivity contribution >= 4 is 62.0 Å². The predicted molar refractivity (Wildman–Crippen MR) is 170 cm³/mol. The molecule has 0 aliphatic carbocycles. The third kappa shape index (κ3) is 4.85. The van der Waals surface area contributed by atoms with Crippen LogP contribution in [0.3, 0.4) is 0 Å². The third-order valence-electron chi connectivity index (χ3n) is 7.60. The molecule has 8 heteroatoms. The molecule has 0 bridgehead atoms. The van der Waals surface area contributed by atoms with Gasteiger partial charge in [-0.05, 0) is 74.6 Å². The van der Waals surface area contributed by atoms with Crippen LogP contribution in [0.15, 0.2) is 66.7 Å². The number of nitrogens with two attached hydrogens (primary N) is 1. The SMILES string of the molecule is Cc1ccc(NC(=O)c2c(C)nc3sc(C(=O)N4CCCc5ccccc54)c(N)c3c2-c2ccc(Cl)cc2)c(C)c1. The average molecular weight is 581 g/mol. The molecule has 2 aromatic heterocycles. The van der Waals surface area contributed by atoms with Gasteiger partial charge < -0.3 is 16.0 Å². The molecule has 1 aliphatic heterocycles. The topological polar surface area (TPSA) is 88.3 Å². The molecule has 41 heavy (non-hydrogen) atoms. The number of fused-ring (bicyclic) bond motifs is 2. The van der Waals surface area contributed by atoms with Gasteiger partial charge in [0.25, 0.3) is 11.8 Å². The Kier molecular flexibility index (Phi) is 7.01. The van der Waals surface area contributed by atoms with Crippen LogP contribution in [0.2, 0.25) is 5.02 Å². The van der Waals surface area contributed by atoms with Crippen LogP contribution in [-0.4, -0.2) is 23.3 Å². The number of thiophene rings is 1. The highest BCUT2D eigenvalue weighted by Crippen LogP contribution is 2.43. The first-order valence-electron chi connectivity index (χ1n) is 13.5. The second kappa shape index (κ2) is 10.7. The summed E-state index contributed by atoms with van der Waals surface area (Å²) in [5.41, 5.74) is 14.4. The molecule has 0 radical (unpaired) electrons. The van der Waals surface area contributed by atoms with Crippen LogP contribution in [0.5, 0.6) is 0 Å². The van der Waals surface area contributed by atoms with E-state index in [-0.39, 0.29) is 11.8 Å². The van der Waals surface area contributed by atoms with Crippen molar-refractivity contribution in [3.8, 4) is 11.1 Å². The lowest BCUT2D eigenvalue weighted by molar-refractivity contribution is 0.0988. The van der Waals surface area contributed by atoms with Crippen molar-refractivity contribution in [1.29, 1.82) is 0 Å². The van der Waals surface area contributed by atoms with Crippen molar-refractivity contribution in [2.24, 2.45) is 0 Å². The van der Waals surface area contributed by atoms with Gasteiger partial charge in [-0.15, -0.1) is 11.3 Å². The van der Waals surface area contributed by atoms with Crippen molar-refractivity contribution in [3.63, 3.8) is 0 Å². The highest BCUT2D eigenvalue weighted by atomic mass is 35.5. The van der Waals surface area contributed by atoms with Crippen molar-refractivity contribution < 1.29 is 9.59 Å². The smallest absolute Gasteiger partial charge is 0.270 e. The van der Waals surface area contributed by atoms with Gasteiger partial charge in [0.2, 0.25) is 0 Å². The Hall–Kier alpha value is -4.20. The maximum atomic E-state index is 14.0. The lowest BCUT2D eigenvalue weighted by Gasteiger charge is -2.29. The Morgan fingerprint density at radius 1 is 1.02 bits per heavy atom. The van der Waals surface area contributed by atoms with E-state index in [2.05, 4.69) is 11.4 Å². The van der Waals surface area contributed by atoms with Crippen LogP contribution >= 0.6 is 22.9 Å². The zero-order valence-corrected chi connectivity index (χ0v) is 24.6.